The van der Waals surface area contributed by atoms with Crippen LogP contribution < -0.4 is 5.56 Å². The molecule has 11 nitrogen and oxygen atoms in total. The Morgan fingerprint density at radius 2 is 0.893 bits per heavy atom. The Morgan fingerprint density at radius 3 is 1.57 bits per heavy atom. The monoisotopic (exact) mass is 741 g/mol. The summed E-state index contributed by atoms with van der Waals surface area (Å²) in [6.45, 7) is 0. The first-order chi connectivity index (χ1) is 27.3. The number of benzene rings is 5. The zero-order valence-electron chi connectivity index (χ0n) is 29.7. The van der Waals surface area contributed by atoms with Gasteiger partial charge in [0.1, 0.15) is 28.7 Å². The van der Waals surface area contributed by atoms with Gasteiger partial charge in [-0.2, -0.15) is 0 Å². The van der Waals surface area contributed by atoms with Crippen molar-refractivity contribution in [2.24, 2.45) is 0 Å². The molecule has 5 aromatic carbocycles. The number of phenols is 5. The molecular formula is C45H35N5O6. The Labute approximate surface area is 319 Å². The van der Waals surface area contributed by atoms with Gasteiger partial charge in [-0.05, 0) is 101 Å². The third kappa shape index (κ3) is 9.68. The SMILES string of the molecule is O=c1[nH]ccc2c(O)cccc12.Oc1ccc2ccncc2c1.Oc1ccc2cnccc2c1.Oc1cccc2ccncc12.Oc1cccc2cnccc12. The summed E-state index contributed by atoms with van der Waals surface area (Å²) in [5.74, 6) is 1.31. The normalized spacial score (nSPS) is 10.2. The topological polar surface area (TPSA) is 186 Å². The summed E-state index contributed by atoms with van der Waals surface area (Å²) in [4.78, 5) is 29.5. The zero-order valence-corrected chi connectivity index (χ0v) is 29.7. The Bertz CT molecular complexity index is 2760. The lowest BCUT2D eigenvalue weighted by atomic mass is 10.1. The van der Waals surface area contributed by atoms with Gasteiger partial charge in [0.05, 0.1) is 5.39 Å². The number of aromatic amines is 1. The molecule has 10 rings (SSSR count). The van der Waals surface area contributed by atoms with Gasteiger partial charge in [0.2, 0.25) is 0 Å². The minimum atomic E-state index is -0.177. The van der Waals surface area contributed by atoms with Crippen molar-refractivity contribution in [3.05, 3.63) is 187 Å². The van der Waals surface area contributed by atoms with Crippen LogP contribution in [0.3, 0.4) is 0 Å². The molecule has 0 amide bonds. The predicted molar refractivity (Wildman–Crippen MR) is 220 cm³/mol. The van der Waals surface area contributed by atoms with E-state index in [-0.39, 0.29) is 22.8 Å². The van der Waals surface area contributed by atoms with Gasteiger partial charge in [-0.3, -0.25) is 24.7 Å². The van der Waals surface area contributed by atoms with Crippen LogP contribution in [-0.2, 0) is 0 Å². The molecule has 0 aliphatic carbocycles. The second kappa shape index (κ2) is 18.1. The maximum atomic E-state index is 11.2. The smallest absolute Gasteiger partial charge is 0.255 e. The number of pyridine rings is 5. The number of hydrogen-bond acceptors (Lipinski definition) is 10. The van der Waals surface area contributed by atoms with Crippen molar-refractivity contribution < 1.29 is 25.5 Å². The van der Waals surface area contributed by atoms with Crippen LogP contribution in [0, 0.1) is 0 Å². The first-order valence-corrected chi connectivity index (χ1v) is 17.1. The predicted octanol–water partition coefficient (Wildman–Crippen LogP) is 9.00. The minimum Gasteiger partial charge on any atom is -0.508 e. The van der Waals surface area contributed by atoms with E-state index in [4.69, 9.17) is 10.2 Å². The Balaban J connectivity index is 0.000000119. The second-order valence-electron chi connectivity index (χ2n) is 12.1. The molecule has 0 spiro atoms. The molecule has 0 fully saturated rings. The quantitative estimate of drug-likeness (QED) is 0.0876. The van der Waals surface area contributed by atoms with Gasteiger partial charge in [0, 0.05) is 88.1 Å². The van der Waals surface area contributed by atoms with E-state index in [1.807, 2.05) is 48.5 Å². The molecule has 276 valence electrons. The Hall–Kier alpha value is -8.05. The molecular weight excluding hydrogens is 707 g/mol. The van der Waals surface area contributed by atoms with Gasteiger partial charge in [0.15, 0.2) is 0 Å². The first kappa shape index (κ1) is 37.7. The highest BCUT2D eigenvalue weighted by molar-refractivity contribution is 5.88. The van der Waals surface area contributed by atoms with E-state index in [0.29, 0.717) is 22.3 Å². The van der Waals surface area contributed by atoms with E-state index in [9.17, 15) is 20.1 Å². The first-order valence-electron chi connectivity index (χ1n) is 17.1. The highest BCUT2D eigenvalue weighted by Crippen LogP contribution is 2.24. The van der Waals surface area contributed by atoms with E-state index in [0.717, 1.165) is 43.1 Å². The molecule has 0 bridgehead atoms. The van der Waals surface area contributed by atoms with Gasteiger partial charge in [-0.15, -0.1) is 0 Å². The number of H-pyrrole nitrogens is 1. The van der Waals surface area contributed by atoms with Crippen molar-refractivity contribution in [1.82, 2.24) is 24.9 Å². The number of rotatable bonds is 0. The van der Waals surface area contributed by atoms with E-state index in [1.54, 1.807) is 122 Å². The standard InChI is InChI=1S/C9H7NO2.4C9H7NO/c11-8-3-1-2-7-6(8)4-5-10-9(7)12;11-9-2-1-8-6-10-4-3-7(8)5-9;11-9-2-1-7-3-4-10-6-8(7)5-9;11-9-3-1-2-7-6-10-5-4-8(7)9;11-9-3-1-2-7-4-5-10-6-8(7)9/h1-5,11H,(H,10,12);4*1-6,11H. The third-order valence-electron chi connectivity index (χ3n) is 8.36. The van der Waals surface area contributed by atoms with Gasteiger partial charge in [0.25, 0.3) is 5.56 Å². The molecule has 0 radical (unpaired) electrons. The van der Waals surface area contributed by atoms with Crippen molar-refractivity contribution in [2.45, 2.75) is 0 Å². The summed E-state index contributed by atoms with van der Waals surface area (Å²) in [5, 5.41) is 55.1. The molecule has 11 heteroatoms. The van der Waals surface area contributed by atoms with E-state index in [1.165, 1.54) is 6.20 Å². The van der Waals surface area contributed by atoms with Crippen molar-refractivity contribution in [1.29, 1.82) is 0 Å². The van der Waals surface area contributed by atoms with Crippen molar-refractivity contribution >= 4 is 53.9 Å². The molecule has 5 aromatic heterocycles. The molecule has 0 saturated heterocycles. The maximum Gasteiger partial charge on any atom is 0.255 e. The van der Waals surface area contributed by atoms with Gasteiger partial charge in [-0.25, -0.2) is 0 Å². The number of nitrogens with one attached hydrogen (secondary N) is 1. The van der Waals surface area contributed by atoms with Crippen molar-refractivity contribution in [3.8, 4) is 28.7 Å². The lowest BCUT2D eigenvalue weighted by Gasteiger charge is -1.97. The Morgan fingerprint density at radius 1 is 0.375 bits per heavy atom. The number of fused-ring (bicyclic) bond motifs is 5. The summed E-state index contributed by atoms with van der Waals surface area (Å²) < 4.78 is 0. The van der Waals surface area contributed by atoms with Gasteiger partial charge in [-0.1, -0.05) is 36.4 Å². The fourth-order valence-electron chi connectivity index (χ4n) is 5.55. The summed E-state index contributed by atoms with van der Waals surface area (Å²) in [6, 6.07) is 35.3. The van der Waals surface area contributed by atoms with E-state index in [2.05, 4.69) is 24.9 Å². The van der Waals surface area contributed by atoms with Gasteiger partial charge < -0.3 is 30.5 Å². The van der Waals surface area contributed by atoms with Crippen molar-refractivity contribution in [3.63, 3.8) is 0 Å². The molecule has 0 atom stereocenters. The largest absolute Gasteiger partial charge is 0.508 e. The summed E-state index contributed by atoms with van der Waals surface area (Å²) >= 11 is 0. The van der Waals surface area contributed by atoms with Crippen LogP contribution in [0.2, 0.25) is 0 Å². The third-order valence-corrected chi connectivity index (χ3v) is 8.36. The lowest BCUT2D eigenvalue weighted by Crippen LogP contribution is -2.03. The fourth-order valence-corrected chi connectivity index (χ4v) is 5.55. The molecule has 10 aromatic rings. The molecule has 0 unspecified atom stereocenters. The highest BCUT2D eigenvalue weighted by atomic mass is 16.3. The van der Waals surface area contributed by atoms with Crippen LogP contribution in [0.15, 0.2) is 182 Å². The fraction of sp³-hybridized carbons (Fsp3) is 0. The van der Waals surface area contributed by atoms with E-state index < -0.39 is 0 Å². The lowest BCUT2D eigenvalue weighted by molar-refractivity contribution is 0.475. The number of phenolic OH excluding ortho intramolecular Hbond substituents is 5. The number of aromatic nitrogens is 5. The van der Waals surface area contributed by atoms with Crippen LogP contribution in [-0.4, -0.2) is 50.5 Å². The zero-order chi connectivity index (χ0) is 39.3. The van der Waals surface area contributed by atoms with Gasteiger partial charge >= 0.3 is 0 Å². The van der Waals surface area contributed by atoms with Crippen LogP contribution in [0.4, 0.5) is 0 Å². The Kier molecular flexibility index (Phi) is 12.2. The minimum absolute atomic E-state index is 0.138. The number of nitrogens with zero attached hydrogens (tertiary/aromatic N) is 4. The summed E-state index contributed by atoms with van der Waals surface area (Å²) in [7, 11) is 0. The molecule has 0 aliphatic heterocycles. The average molecular weight is 742 g/mol. The van der Waals surface area contributed by atoms with E-state index >= 15 is 0 Å². The molecule has 0 aliphatic rings. The maximum absolute atomic E-state index is 11.2. The second-order valence-corrected chi connectivity index (χ2v) is 12.1. The summed E-state index contributed by atoms with van der Waals surface area (Å²) in [5.41, 5.74) is -0.177. The summed E-state index contributed by atoms with van der Waals surface area (Å²) in [6.07, 6.45) is 15.2. The molecule has 0 saturated carbocycles. The van der Waals surface area contributed by atoms with Crippen LogP contribution in [0.1, 0.15) is 0 Å². The van der Waals surface area contributed by atoms with Crippen LogP contribution >= 0.6 is 0 Å². The molecule has 6 N–H and O–H groups in total. The molecule has 56 heavy (non-hydrogen) atoms. The molecule has 5 heterocycles. The number of aromatic hydroxyl groups is 5. The average Bonchev–Trinajstić information content (AvgIpc) is 3.23. The van der Waals surface area contributed by atoms with Crippen LogP contribution in [0.25, 0.3) is 53.9 Å². The highest BCUT2D eigenvalue weighted by Gasteiger charge is 2.00. The van der Waals surface area contributed by atoms with Crippen LogP contribution in [0.5, 0.6) is 28.7 Å². The number of hydrogen-bond donors (Lipinski definition) is 6. The van der Waals surface area contributed by atoms with Crippen molar-refractivity contribution in [2.75, 3.05) is 0 Å².